The molecule has 0 fully saturated rings. The van der Waals surface area contributed by atoms with E-state index < -0.39 is 0 Å². The maximum Gasteiger partial charge on any atom is 0.0892 e. The minimum atomic E-state index is 0.228. The molecule has 1 atom stereocenters. The Hall–Kier alpha value is -1.83. The lowest BCUT2D eigenvalue weighted by Crippen LogP contribution is -2.37. The van der Waals surface area contributed by atoms with Crippen LogP contribution >= 0.6 is 0 Å². The molecular weight excluding hydrogens is 208 g/mol. The standard InChI is InChI=1S/C15H18N2/c1-12-8-4-6-10-14(12)17(3)15-11-7-5-9-13(15)16-2/h4-11,15H,1-3H3. The third-order valence-corrected chi connectivity index (χ3v) is 3.15. The van der Waals surface area contributed by atoms with Crippen molar-refractivity contribution in [1.82, 2.24) is 0 Å². The van der Waals surface area contributed by atoms with Gasteiger partial charge < -0.3 is 4.90 Å². The summed E-state index contributed by atoms with van der Waals surface area (Å²) in [6.07, 6.45) is 8.35. The molecule has 1 aromatic rings. The molecule has 0 N–H and O–H groups in total. The predicted molar refractivity (Wildman–Crippen MR) is 75.0 cm³/mol. The van der Waals surface area contributed by atoms with Crippen LogP contribution in [-0.4, -0.2) is 25.8 Å². The molecule has 0 aliphatic heterocycles. The molecule has 1 unspecified atom stereocenters. The molecule has 1 aliphatic carbocycles. The fourth-order valence-electron chi connectivity index (χ4n) is 2.16. The summed E-state index contributed by atoms with van der Waals surface area (Å²) in [7, 11) is 3.96. The molecule has 0 saturated carbocycles. The number of rotatable bonds is 2. The number of anilines is 1. The maximum absolute atomic E-state index is 4.34. The van der Waals surface area contributed by atoms with Gasteiger partial charge in [0.25, 0.3) is 0 Å². The van der Waals surface area contributed by atoms with Crippen LogP contribution < -0.4 is 4.90 Å². The summed E-state index contributed by atoms with van der Waals surface area (Å²) < 4.78 is 0. The maximum atomic E-state index is 4.34. The molecule has 2 nitrogen and oxygen atoms in total. The van der Waals surface area contributed by atoms with Gasteiger partial charge in [0, 0.05) is 19.8 Å². The Kier molecular flexibility index (Phi) is 3.43. The Morgan fingerprint density at radius 2 is 1.94 bits per heavy atom. The van der Waals surface area contributed by atoms with Crippen molar-refractivity contribution in [2.75, 3.05) is 19.0 Å². The van der Waals surface area contributed by atoms with Gasteiger partial charge in [-0.05, 0) is 24.6 Å². The number of benzene rings is 1. The van der Waals surface area contributed by atoms with Crippen molar-refractivity contribution in [3.63, 3.8) is 0 Å². The van der Waals surface area contributed by atoms with E-state index in [1.54, 1.807) is 0 Å². The van der Waals surface area contributed by atoms with Gasteiger partial charge in [-0.15, -0.1) is 0 Å². The van der Waals surface area contributed by atoms with Gasteiger partial charge in [0.1, 0.15) is 0 Å². The lowest BCUT2D eigenvalue weighted by molar-refractivity contribution is 0.919. The summed E-state index contributed by atoms with van der Waals surface area (Å²) in [5.74, 6) is 0. The van der Waals surface area contributed by atoms with Crippen LogP contribution in [0.5, 0.6) is 0 Å². The quantitative estimate of drug-likeness (QED) is 0.757. The Morgan fingerprint density at radius 3 is 2.65 bits per heavy atom. The predicted octanol–water partition coefficient (Wildman–Crippen LogP) is 3.00. The van der Waals surface area contributed by atoms with Crippen LogP contribution in [0.1, 0.15) is 5.56 Å². The first-order chi connectivity index (χ1) is 8.24. The Balaban J connectivity index is 2.32. The van der Waals surface area contributed by atoms with Crippen LogP contribution in [0, 0.1) is 6.92 Å². The van der Waals surface area contributed by atoms with E-state index in [1.165, 1.54) is 11.3 Å². The van der Waals surface area contributed by atoms with Crippen molar-refractivity contribution in [1.29, 1.82) is 0 Å². The van der Waals surface area contributed by atoms with Crippen LogP contribution in [0.3, 0.4) is 0 Å². The summed E-state index contributed by atoms with van der Waals surface area (Å²) in [6.45, 7) is 2.14. The van der Waals surface area contributed by atoms with Crippen molar-refractivity contribution in [2.24, 2.45) is 4.99 Å². The third kappa shape index (κ3) is 2.31. The first-order valence-electron chi connectivity index (χ1n) is 5.84. The van der Waals surface area contributed by atoms with E-state index in [4.69, 9.17) is 0 Å². The normalized spacial score (nSPS) is 20.9. The Morgan fingerprint density at radius 1 is 1.18 bits per heavy atom. The number of allylic oxidation sites excluding steroid dienone is 2. The summed E-state index contributed by atoms with van der Waals surface area (Å²) in [6, 6.07) is 8.65. The fourth-order valence-corrected chi connectivity index (χ4v) is 2.16. The van der Waals surface area contributed by atoms with Crippen LogP contribution in [0.2, 0.25) is 0 Å². The van der Waals surface area contributed by atoms with Crippen molar-refractivity contribution in [3.8, 4) is 0 Å². The van der Waals surface area contributed by atoms with Gasteiger partial charge in [-0.1, -0.05) is 36.4 Å². The van der Waals surface area contributed by atoms with E-state index in [-0.39, 0.29) is 6.04 Å². The number of para-hydroxylation sites is 1. The topological polar surface area (TPSA) is 15.6 Å². The highest BCUT2D eigenvalue weighted by Crippen LogP contribution is 2.22. The molecule has 88 valence electrons. The van der Waals surface area contributed by atoms with Gasteiger partial charge in [-0.25, -0.2) is 0 Å². The second-order valence-electron chi connectivity index (χ2n) is 4.23. The summed E-state index contributed by atoms with van der Waals surface area (Å²) >= 11 is 0. The average molecular weight is 226 g/mol. The number of likely N-dealkylation sites (N-methyl/N-ethyl adjacent to an activating group) is 1. The van der Waals surface area contributed by atoms with Gasteiger partial charge in [-0.2, -0.15) is 0 Å². The molecule has 2 heteroatoms. The monoisotopic (exact) mass is 226 g/mol. The molecule has 0 spiro atoms. The molecule has 1 aliphatic rings. The summed E-state index contributed by atoms with van der Waals surface area (Å²) in [5, 5.41) is 0. The van der Waals surface area contributed by atoms with E-state index >= 15 is 0 Å². The van der Waals surface area contributed by atoms with E-state index in [1.807, 2.05) is 13.1 Å². The van der Waals surface area contributed by atoms with Gasteiger partial charge in [-0.3, -0.25) is 4.99 Å². The lowest BCUT2D eigenvalue weighted by Gasteiger charge is -2.30. The number of hydrogen-bond donors (Lipinski definition) is 0. The van der Waals surface area contributed by atoms with E-state index in [0.29, 0.717) is 0 Å². The van der Waals surface area contributed by atoms with Gasteiger partial charge in [0.2, 0.25) is 0 Å². The van der Waals surface area contributed by atoms with E-state index in [0.717, 1.165) is 5.71 Å². The largest absolute Gasteiger partial charge is 0.362 e. The first-order valence-corrected chi connectivity index (χ1v) is 5.84. The third-order valence-electron chi connectivity index (χ3n) is 3.15. The highest BCUT2D eigenvalue weighted by Gasteiger charge is 2.18. The molecule has 2 rings (SSSR count). The molecule has 0 radical (unpaired) electrons. The van der Waals surface area contributed by atoms with Crippen LogP contribution in [-0.2, 0) is 0 Å². The van der Waals surface area contributed by atoms with Gasteiger partial charge in [0.05, 0.1) is 11.8 Å². The van der Waals surface area contributed by atoms with Crippen LogP contribution in [0.25, 0.3) is 0 Å². The molecule has 0 amide bonds. The van der Waals surface area contributed by atoms with Crippen molar-refractivity contribution >= 4 is 11.4 Å². The fraction of sp³-hybridized carbons (Fsp3) is 0.267. The zero-order valence-corrected chi connectivity index (χ0v) is 10.6. The van der Waals surface area contributed by atoms with E-state index in [9.17, 15) is 0 Å². The molecular formula is C15H18N2. The highest BCUT2D eigenvalue weighted by atomic mass is 15.1. The molecule has 1 aromatic carbocycles. The first kappa shape index (κ1) is 11.6. The Labute approximate surface area is 103 Å². The SMILES string of the molecule is CN=C1C=CC=CC1N(C)c1ccccc1C. The summed E-state index contributed by atoms with van der Waals surface area (Å²) in [5.41, 5.74) is 3.63. The average Bonchev–Trinajstić information content (AvgIpc) is 2.38. The number of hydrogen-bond acceptors (Lipinski definition) is 2. The number of aryl methyl sites for hydroxylation is 1. The smallest absolute Gasteiger partial charge is 0.0892 e. The van der Waals surface area contributed by atoms with Gasteiger partial charge in [0.15, 0.2) is 0 Å². The molecule has 17 heavy (non-hydrogen) atoms. The molecule has 0 saturated heterocycles. The van der Waals surface area contributed by atoms with Crippen LogP contribution in [0.15, 0.2) is 53.6 Å². The lowest BCUT2D eigenvalue weighted by atomic mass is 10.0. The molecule has 0 bridgehead atoms. The zero-order valence-electron chi connectivity index (χ0n) is 10.6. The zero-order chi connectivity index (χ0) is 12.3. The van der Waals surface area contributed by atoms with Crippen molar-refractivity contribution < 1.29 is 0 Å². The second kappa shape index (κ2) is 5.00. The second-order valence-corrected chi connectivity index (χ2v) is 4.23. The van der Waals surface area contributed by atoms with E-state index in [2.05, 4.69) is 66.4 Å². The summed E-state index contributed by atoms with van der Waals surface area (Å²) in [4.78, 5) is 6.60. The number of aliphatic imine (C=N–C) groups is 1. The van der Waals surface area contributed by atoms with Crippen molar-refractivity contribution in [3.05, 3.63) is 54.1 Å². The molecule has 0 aromatic heterocycles. The minimum Gasteiger partial charge on any atom is -0.362 e. The van der Waals surface area contributed by atoms with Gasteiger partial charge >= 0.3 is 0 Å². The van der Waals surface area contributed by atoms with Crippen molar-refractivity contribution in [2.45, 2.75) is 13.0 Å². The highest BCUT2D eigenvalue weighted by molar-refractivity contribution is 6.03. The van der Waals surface area contributed by atoms with Crippen LogP contribution in [0.4, 0.5) is 5.69 Å². The Bertz CT molecular complexity index is 483. The minimum absolute atomic E-state index is 0.228. The number of nitrogens with zero attached hydrogens (tertiary/aromatic N) is 2. The molecule has 0 heterocycles.